The molecule has 3 aliphatic rings. The van der Waals surface area contributed by atoms with Crippen LogP contribution < -0.4 is 0 Å². The summed E-state index contributed by atoms with van der Waals surface area (Å²) in [5.41, 5.74) is 1.27. The van der Waals surface area contributed by atoms with E-state index in [2.05, 4.69) is 29.2 Å². The molecule has 0 saturated carbocycles. The Bertz CT molecular complexity index is 696. The summed E-state index contributed by atoms with van der Waals surface area (Å²) in [7, 11) is 1.65. The van der Waals surface area contributed by atoms with Gasteiger partial charge in [0.2, 0.25) is 0 Å². The molecule has 7 heteroatoms. The van der Waals surface area contributed by atoms with Crippen molar-refractivity contribution in [2.75, 3.05) is 27.1 Å². The highest BCUT2D eigenvalue weighted by Crippen LogP contribution is 2.41. The second kappa shape index (κ2) is 8.82. The Balaban J connectivity index is 1.58. The van der Waals surface area contributed by atoms with E-state index in [1.54, 1.807) is 7.11 Å². The van der Waals surface area contributed by atoms with E-state index in [1.165, 1.54) is 5.56 Å². The van der Waals surface area contributed by atoms with Gasteiger partial charge in [-0.3, -0.25) is 4.90 Å². The summed E-state index contributed by atoms with van der Waals surface area (Å²) in [5.74, 6) is -1.31. The molecule has 0 aliphatic carbocycles. The minimum Gasteiger partial charge on any atom is -0.359 e. The fraction of sp³-hybridized carbons (Fsp3) is 0.739. The summed E-state index contributed by atoms with van der Waals surface area (Å²) in [4.78, 5) is 2.44. The fourth-order valence-corrected chi connectivity index (χ4v) is 4.85. The number of methoxy groups -OCH3 is 1. The first-order chi connectivity index (χ1) is 14.3. The van der Waals surface area contributed by atoms with Gasteiger partial charge in [-0.1, -0.05) is 30.3 Å². The molecule has 0 bridgehead atoms. The third kappa shape index (κ3) is 4.88. The van der Waals surface area contributed by atoms with Gasteiger partial charge in [0.15, 0.2) is 11.6 Å². The van der Waals surface area contributed by atoms with Gasteiger partial charge in [0, 0.05) is 20.2 Å². The highest BCUT2D eigenvalue weighted by Gasteiger charge is 2.56. The Labute approximate surface area is 179 Å². The Morgan fingerprint density at radius 2 is 1.73 bits per heavy atom. The monoisotopic (exact) mass is 421 g/mol. The van der Waals surface area contributed by atoms with Gasteiger partial charge in [-0.2, -0.15) is 0 Å². The van der Waals surface area contributed by atoms with Crippen LogP contribution in [0.3, 0.4) is 0 Å². The number of benzene rings is 1. The van der Waals surface area contributed by atoms with E-state index in [1.807, 2.05) is 33.8 Å². The summed E-state index contributed by atoms with van der Waals surface area (Å²) in [6.07, 6.45) is 0.289. The summed E-state index contributed by atoms with van der Waals surface area (Å²) in [6, 6.07) is 10.5. The van der Waals surface area contributed by atoms with Crippen LogP contribution in [0.2, 0.25) is 0 Å². The van der Waals surface area contributed by atoms with Crippen molar-refractivity contribution in [3.8, 4) is 0 Å². The van der Waals surface area contributed by atoms with Crippen molar-refractivity contribution in [3.05, 3.63) is 35.9 Å². The van der Waals surface area contributed by atoms with Gasteiger partial charge in [0.1, 0.15) is 25.1 Å². The van der Waals surface area contributed by atoms with Crippen LogP contribution in [-0.2, 0) is 35.0 Å². The summed E-state index contributed by atoms with van der Waals surface area (Å²) >= 11 is 0. The average molecular weight is 422 g/mol. The van der Waals surface area contributed by atoms with Gasteiger partial charge in [-0.25, -0.2) is 0 Å². The highest BCUT2D eigenvalue weighted by atomic mass is 16.8. The van der Waals surface area contributed by atoms with Crippen molar-refractivity contribution in [2.24, 2.45) is 0 Å². The van der Waals surface area contributed by atoms with Crippen LogP contribution in [0, 0.1) is 0 Å². The van der Waals surface area contributed by atoms with Gasteiger partial charge in [-0.05, 0) is 39.7 Å². The molecule has 3 fully saturated rings. The van der Waals surface area contributed by atoms with Gasteiger partial charge in [-0.15, -0.1) is 0 Å². The molecule has 1 aromatic carbocycles. The minimum absolute atomic E-state index is 0.00556. The van der Waals surface area contributed by atoms with E-state index in [4.69, 9.17) is 28.4 Å². The predicted molar refractivity (Wildman–Crippen MR) is 111 cm³/mol. The molecule has 5 atom stereocenters. The van der Waals surface area contributed by atoms with Crippen molar-refractivity contribution >= 4 is 0 Å². The Kier molecular flexibility index (Phi) is 6.51. The molecule has 7 nitrogen and oxygen atoms in total. The summed E-state index contributed by atoms with van der Waals surface area (Å²) in [5, 5.41) is 0. The van der Waals surface area contributed by atoms with E-state index >= 15 is 0 Å². The summed E-state index contributed by atoms with van der Waals surface area (Å²) < 4.78 is 36.2. The maximum atomic E-state index is 6.48. The first-order valence-electron chi connectivity index (χ1n) is 10.8. The Morgan fingerprint density at radius 3 is 2.40 bits per heavy atom. The molecule has 30 heavy (non-hydrogen) atoms. The van der Waals surface area contributed by atoms with E-state index in [9.17, 15) is 0 Å². The lowest BCUT2D eigenvalue weighted by atomic mass is 9.97. The number of ether oxygens (including phenoxy) is 6. The average Bonchev–Trinajstić information content (AvgIpc) is 3.35. The van der Waals surface area contributed by atoms with E-state index in [0.29, 0.717) is 6.61 Å². The molecule has 0 radical (unpaired) electrons. The molecular weight excluding hydrogens is 386 g/mol. The topological polar surface area (TPSA) is 58.6 Å². The van der Waals surface area contributed by atoms with Crippen LogP contribution in [-0.4, -0.2) is 74.0 Å². The van der Waals surface area contributed by atoms with Crippen LogP contribution in [0.1, 0.15) is 39.7 Å². The van der Waals surface area contributed by atoms with Gasteiger partial charge in [0.05, 0.1) is 18.8 Å². The van der Waals surface area contributed by atoms with Crippen LogP contribution in [0.4, 0.5) is 0 Å². The third-order valence-corrected chi connectivity index (χ3v) is 6.03. The molecule has 3 aliphatic heterocycles. The van der Waals surface area contributed by atoms with Gasteiger partial charge in [0.25, 0.3) is 0 Å². The van der Waals surface area contributed by atoms with Crippen LogP contribution in [0.15, 0.2) is 30.3 Å². The van der Waals surface area contributed by atoms with Crippen LogP contribution in [0.25, 0.3) is 0 Å². The molecule has 1 aromatic rings. The lowest BCUT2D eigenvalue weighted by Crippen LogP contribution is -2.53. The van der Waals surface area contributed by atoms with E-state index < -0.39 is 11.6 Å². The first-order valence-corrected chi connectivity index (χ1v) is 10.8. The standard InChI is InChI=1S/C23H35NO6/c1-22(2)27-14-18(28-22)20-21(30-23(3,4)29-20)19-17(26-15-25-5)11-12-24(19)13-16-9-7-6-8-10-16/h6-10,17-21H,11-15H2,1-5H3/t17-,18-,19+,20+,21+/m1/s1. The largest absolute Gasteiger partial charge is 0.359 e. The smallest absolute Gasteiger partial charge is 0.163 e. The van der Waals surface area contributed by atoms with Gasteiger partial charge >= 0.3 is 0 Å². The van der Waals surface area contributed by atoms with Crippen molar-refractivity contribution < 1.29 is 28.4 Å². The maximum Gasteiger partial charge on any atom is 0.163 e. The number of nitrogens with zero attached hydrogens (tertiary/aromatic N) is 1. The molecule has 3 heterocycles. The number of likely N-dealkylation sites (tertiary alicyclic amines) is 1. The second-order valence-electron chi connectivity index (χ2n) is 9.28. The molecule has 0 spiro atoms. The molecule has 168 valence electrons. The van der Waals surface area contributed by atoms with Crippen LogP contribution >= 0.6 is 0 Å². The number of hydrogen-bond donors (Lipinski definition) is 0. The van der Waals surface area contributed by atoms with Crippen LogP contribution in [0.5, 0.6) is 0 Å². The van der Waals surface area contributed by atoms with Gasteiger partial charge < -0.3 is 28.4 Å². The lowest BCUT2D eigenvalue weighted by Gasteiger charge is -2.35. The second-order valence-corrected chi connectivity index (χ2v) is 9.28. The SMILES string of the molecule is COCO[C@@H]1CCN(Cc2ccccc2)[C@@H]1[C@@H]1OC(C)(C)O[C@H]1[C@H]1COC(C)(C)O1. The minimum atomic E-state index is -0.696. The van der Waals surface area contributed by atoms with Crippen molar-refractivity contribution in [1.82, 2.24) is 4.90 Å². The van der Waals surface area contributed by atoms with Crippen molar-refractivity contribution in [2.45, 2.75) is 82.7 Å². The molecule has 4 rings (SSSR count). The Morgan fingerprint density at radius 1 is 1.00 bits per heavy atom. The third-order valence-electron chi connectivity index (χ3n) is 6.03. The predicted octanol–water partition coefficient (Wildman–Crippen LogP) is 2.92. The molecule has 3 saturated heterocycles. The van der Waals surface area contributed by atoms with E-state index in [-0.39, 0.29) is 37.3 Å². The maximum absolute atomic E-state index is 6.48. The van der Waals surface area contributed by atoms with Crippen molar-refractivity contribution in [1.29, 1.82) is 0 Å². The van der Waals surface area contributed by atoms with Crippen molar-refractivity contribution in [3.63, 3.8) is 0 Å². The quantitative estimate of drug-likeness (QED) is 0.628. The first kappa shape index (κ1) is 22.1. The van der Waals surface area contributed by atoms with E-state index in [0.717, 1.165) is 19.5 Å². The number of hydrogen-bond acceptors (Lipinski definition) is 7. The molecule has 0 amide bonds. The zero-order valence-electron chi connectivity index (χ0n) is 18.7. The zero-order chi connectivity index (χ0) is 21.4. The molecule has 0 unspecified atom stereocenters. The number of rotatable bonds is 7. The normalized spacial score (nSPS) is 35.8. The Hall–Kier alpha value is -1.06. The highest BCUT2D eigenvalue weighted by molar-refractivity contribution is 5.15. The summed E-state index contributed by atoms with van der Waals surface area (Å²) in [6.45, 7) is 10.3. The zero-order valence-corrected chi connectivity index (χ0v) is 18.7. The molecule has 0 aromatic heterocycles. The lowest BCUT2D eigenvalue weighted by molar-refractivity contribution is -0.175. The fourth-order valence-electron chi connectivity index (χ4n) is 4.85. The molecular formula is C23H35NO6. The molecule has 0 N–H and O–H groups in total.